The smallest absolute Gasteiger partial charge is 0.262 e. The van der Waals surface area contributed by atoms with Gasteiger partial charge in [0.2, 0.25) is 5.91 Å². The maximum atomic E-state index is 12.3. The topological polar surface area (TPSA) is 66.5 Å². The molecule has 0 bridgehead atoms. The van der Waals surface area contributed by atoms with E-state index in [1.54, 1.807) is 24.3 Å². The highest BCUT2D eigenvalue weighted by atomic mass is 16.2. The number of carbonyl (C=O) groups excluding carboxylic acids is 3. The molecule has 1 aromatic rings. The van der Waals surface area contributed by atoms with Crippen LogP contribution in [0.3, 0.4) is 0 Å². The molecular formula is C14H16N2O3. The zero-order chi connectivity index (χ0) is 14.2. The first kappa shape index (κ1) is 13.3. The van der Waals surface area contributed by atoms with Gasteiger partial charge in [-0.05, 0) is 18.1 Å². The van der Waals surface area contributed by atoms with Crippen LogP contribution in [0.2, 0.25) is 0 Å². The highest BCUT2D eigenvalue weighted by molar-refractivity contribution is 6.22. The molecule has 1 aliphatic heterocycles. The summed E-state index contributed by atoms with van der Waals surface area (Å²) in [6.07, 6.45) is 0. The van der Waals surface area contributed by atoms with Gasteiger partial charge in [-0.15, -0.1) is 0 Å². The molecule has 2 rings (SSSR count). The van der Waals surface area contributed by atoms with Crippen LogP contribution in [0.15, 0.2) is 24.3 Å². The zero-order valence-corrected chi connectivity index (χ0v) is 11.1. The van der Waals surface area contributed by atoms with Crippen molar-refractivity contribution in [3.63, 3.8) is 0 Å². The van der Waals surface area contributed by atoms with Crippen LogP contribution in [-0.2, 0) is 4.79 Å². The van der Waals surface area contributed by atoms with Gasteiger partial charge < -0.3 is 5.32 Å². The number of nitrogens with one attached hydrogen (secondary N) is 1. The molecule has 1 aromatic carbocycles. The van der Waals surface area contributed by atoms with E-state index in [0.29, 0.717) is 11.1 Å². The first-order valence-corrected chi connectivity index (χ1v) is 6.17. The van der Waals surface area contributed by atoms with E-state index >= 15 is 0 Å². The average Bonchev–Trinajstić information content (AvgIpc) is 2.64. The Balaban J connectivity index is 2.45. The zero-order valence-electron chi connectivity index (χ0n) is 11.1. The van der Waals surface area contributed by atoms with Crippen molar-refractivity contribution in [1.29, 1.82) is 0 Å². The van der Waals surface area contributed by atoms with Crippen LogP contribution in [0.5, 0.6) is 0 Å². The number of rotatable bonds is 3. The highest BCUT2D eigenvalue weighted by Gasteiger charge is 2.43. The second-order valence-corrected chi connectivity index (χ2v) is 4.83. The monoisotopic (exact) mass is 260 g/mol. The van der Waals surface area contributed by atoms with E-state index in [4.69, 9.17) is 0 Å². The molecule has 1 N–H and O–H groups in total. The van der Waals surface area contributed by atoms with Gasteiger partial charge in [-0.1, -0.05) is 26.0 Å². The molecule has 0 radical (unpaired) electrons. The SMILES string of the molecule is CNC(=O)[C@H](C(C)C)N1C(=O)c2ccccc2C1=O. The number of nitrogens with zero attached hydrogens (tertiary/aromatic N) is 1. The largest absolute Gasteiger partial charge is 0.357 e. The van der Waals surface area contributed by atoms with Gasteiger partial charge >= 0.3 is 0 Å². The highest BCUT2D eigenvalue weighted by Crippen LogP contribution is 2.26. The van der Waals surface area contributed by atoms with Gasteiger partial charge in [-0.2, -0.15) is 0 Å². The number of fused-ring (bicyclic) bond motifs is 1. The molecule has 5 nitrogen and oxygen atoms in total. The maximum absolute atomic E-state index is 12.3. The summed E-state index contributed by atoms with van der Waals surface area (Å²) in [5, 5.41) is 2.51. The quantitative estimate of drug-likeness (QED) is 0.826. The molecule has 0 fully saturated rings. The predicted molar refractivity (Wildman–Crippen MR) is 69.6 cm³/mol. The van der Waals surface area contributed by atoms with Gasteiger partial charge in [0, 0.05) is 7.05 Å². The molecule has 19 heavy (non-hydrogen) atoms. The second kappa shape index (κ2) is 4.84. The lowest BCUT2D eigenvalue weighted by Gasteiger charge is -2.27. The lowest BCUT2D eigenvalue weighted by molar-refractivity contribution is -0.125. The van der Waals surface area contributed by atoms with Gasteiger partial charge in [0.25, 0.3) is 11.8 Å². The van der Waals surface area contributed by atoms with Crippen LogP contribution >= 0.6 is 0 Å². The molecule has 5 heteroatoms. The van der Waals surface area contributed by atoms with Gasteiger partial charge in [0.15, 0.2) is 0 Å². The van der Waals surface area contributed by atoms with Gasteiger partial charge in [-0.3, -0.25) is 19.3 Å². The van der Waals surface area contributed by atoms with Crippen LogP contribution in [0.4, 0.5) is 0 Å². The number of hydrogen-bond acceptors (Lipinski definition) is 3. The fraction of sp³-hybridized carbons (Fsp3) is 0.357. The molecule has 0 saturated carbocycles. The van der Waals surface area contributed by atoms with Crippen molar-refractivity contribution in [3.05, 3.63) is 35.4 Å². The Morgan fingerprint density at radius 1 is 1.11 bits per heavy atom. The molecule has 0 aromatic heterocycles. The van der Waals surface area contributed by atoms with Crippen LogP contribution in [0.1, 0.15) is 34.6 Å². The summed E-state index contributed by atoms with van der Waals surface area (Å²) in [4.78, 5) is 37.6. The first-order chi connectivity index (χ1) is 8.99. The summed E-state index contributed by atoms with van der Waals surface area (Å²) in [7, 11) is 1.50. The molecule has 3 amide bonds. The average molecular weight is 260 g/mol. The number of imide groups is 1. The third-order valence-corrected chi connectivity index (χ3v) is 3.25. The van der Waals surface area contributed by atoms with Crippen molar-refractivity contribution in [2.75, 3.05) is 7.05 Å². The van der Waals surface area contributed by atoms with Crippen molar-refractivity contribution >= 4 is 17.7 Å². The third kappa shape index (κ3) is 2.01. The standard InChI is InChI=1S/C14H16N2O3/c1-8(2)11(12(17)15-3)16-13(18)9-6-4-5-7-10(9)14(16)19/h4-8,11H,1-3H3,(H,15,17)/t11-/m0/s1. The lowest BCUT2D eigenvalue weighted by Crippen LogP contribution is -2.51. The van der Waals surface area contributed by atoms with Crippen molar-refractivity contribution in [2.24, 2.45) is 5.92 Å². The van der Waals surface area contributed by atoms with Crippen LogP contribution in [0, 0.1) is 5.92 Å². The summed E-state index contributed by atoms with van der Waals surface area (Å²) < 4.78 is 0. The van der Waals surface area contributed by atoms with Crippen LogP contribution < -0.4 is 5.32 Å². The van der Waals surface area contributed by atoms with Gasteiger partial charge in [0.05, 0.1) is 11.1 Å². The fourth-order valence-electron chi connectivity index (χ4n) is 2.33. The molecule has 0 aliphatic carbocycles. The Labute approximate surface area is 111 Å². The fourth-order valence-corrected chi connectivity index (χ4v) is 2.33. The molecular weight excluding hydrogens is 244 g/mol. The summed E-state index contributed by atoms with van der Waals surface area (Å²) >= 11 is 0. The number of amides is 3. The second-order valence-electron chi connectivity index (χ2n) is 4.83. The summed E-state index contributed by atoms with van der Waals surface area (Å²) in [6, 6.07) is 5.85. The number of likely N-dealkylation sites (N-methyl/N-ethyl adjacent to an activating group) is 1. The Bertz CT molecular complexity index is 516. The number of benzene rings is 1. The van der Waals surface area contributed by atoms with E-state index < -0.39 is 17.9 Å². The van der Waals surface area contributed by atoms with Gasteiger partial charge in [-0.25, -0.2) is 0 Å². The maximum Gasteiger partial charge on any atom is 0.262 e. The van der Waals surface area contributed by atoms with Crippen molar-refractivity contribution in [1.82, 2.24) is 10.2 Å². The summed E-state index contributed by atoms with van der Waals surface area (Å²) in [5.74, 6) is -1.28. The third-order valence-electron chi connectivity index (χ3n) is 3.25. The minimum atomic E-state index is -0.780. The molecule has 0 unspecified atom stereocenters. The molecule has 1 heterocycles. The Hall–Kier alpha value is -2.17. The van der Waals surface area contributed by atoms with E-state index in [1.165, 1.54) is 7.05 Å². The van der Waals surface area contributed by atoms with Crippen molar-refractivity contribution in [3.8, 4) is 0 Å². The molecule has 1 aliphatic rings. The van der Waals surface area contributed by atoms with Crippen LogP contribution in [-0.4, -0.2) is 35.7 Å². The van der Waals surface area contributed by atoms with E-state index in [1.807, 2.05) is 13.8 Å². The van der Waals surface area contributed by atoms with E-state index in [2.05, 4.69) is 5.32 Å². The minimum absolute atomic E-state index is 0.151. The van der Waals surface area contributed by atoms with E-state index in [0.717, 1.165) is 4.90 Å². The summed E-state index contributed by atoms with van der Waals surface area (Å²) in [6.45, 7) is 3.62. The Morgan fingerprint density at radius 3 is 1.95 bits per heavy atom. The minimum Gasteiger partial charge on any atom is -0.357 e. The van der Waals surface area contributed by atoms with E-state index in [9.17, 15) is 14.4 Å². The Kier molecular flexibility index (Phi) is 3.38. The predicted octanol–water partition coefficient (Wildman–Crippen LogP) is 1.05. The molecule has 0 spiro atoms. The first-order valence-electron chi connectivity index (χ1n) is 6.17. The lowest BCUT2D eigenvalue weighted by atomic mass is 10.0. The van der Waals surface area contributed by atoms with Crippen molar-refractivity contribution < 1.29 is 14.4 Å². The summed E-state index contributed by atoms with van der Waals surface area (Å²) in [5.41, 5.74) is 0.726. The molecule has 0 saturated heterocycles. The normalized spacial score (nSPS) is 15.7. The molecule has 100 valence electrons. The molecule has 1 atom stereocenters. The van der Waals surface area contributed by atoms with Crippen LogP contribution in [0.25, 0.3) is 0 Å². The van der Waals surface area contributed by atoms with Crippen molar-refractivity contribution in [2.45, 2.75) is 19.9 Å². The Morgan fingerprint density at radius 2 is 1.58 bits per heavy atom. The van der Waals surface area contributed by atoms with E-state index in [-0.39, 0.29) is 11.8 Å². The number of hydrogen-bond donors (Lipinski definition) is 1. The van der Waals surface area contributed by atoms with Gasteiger partial charge in [0.1, 0.15) is 6.04 Å². The number of carbonyl (C=O) groups is 3.